The molecule has 7 heteroatoms. The molecule has 0 N–H and O–H groups in total. The van der Waals surface area contributed by atoms with Crippen LogP contribution in [0, 0.1) is 10.8 Å². The van der Waals surface area contributed by atoms with Gasteiger partial charge in [0.25, 0.3) is 0 Å². The van der Waals surface area contributed by atoms with Crippen molar-refractivity contribution in [1.82, 2.24) is 0 Å². The minimum absolute atomic E-state index is 0.0348. The minimum atomic E-state index is -0.642. The zero-order chi connectivity index (χ0) is 19.9. The average Bonchev–Trinajstić information content (AvgIpc) is 2.56. The topological polar surface area (TPSA) is 94.4 Å². The van der Waals surface area contributed by atoms with E-state index in [4.69, 9.17) is 9.47 Å². The van der Waals surface area contributed by atoms with Crippen LogP contribution in [0.3, 0.4) is 0 Å². The highest BCUT2D eigenvalue weighted by Crippen LogP contribution is 2.27. The van der Waals surface area contributed by atoms with Crippen LogP contribution in [0.5, 0.6) is 0 Å². The number of isocyanates is 2. The molecule has 0 amide bonds. The standard InChI is InChI=1S/C19H32N2O5/c1-18(2,9-11-20-15-22)7-5-13-25-17(24)26-14-6-8-19(3,4)10-12-21-16-23/h5-14H2,1-4H3. The highest BCUT2D eigenvalue weighted by Gasteiger charge is 2.18. The Morgan fingerprint density at radius 1 is 0.769 bits per heavy atom. The maximum absolute atomic E-state index is 11.6. The fourth-order valence-electron chi connectivity index (χ4n) is 2.51. The Balaban J connectivity index is 3.77. The average molecular weight is 368 g/mol. The van der Waals surface area contributed by atoms with E-state index in [1.807, 2.05) is 0 Å². The molecule has 0 radical (unpaired) electrons. The molecule has 0 atom stereocenters. The predicted octanol–water partition coefficient (Wildman–Crippen LogP) is 4.20. The number of ether oxygens (including phenoxy) is 2. The normalized spacial score (nSPS) is 11.2. The Kier molecular flexibility index (Phi) is 12.3. The molecule has 0 aromatic rings. The number of carbonyl (C=O) groups is 1. The quantitative estimate of drug-likeness (QED) is 0.198. The first-order chi connectivity index (χ1) is 12.2. The Morgan fingerprint density at radius 3 is 1.50 bits per heavy atom. The van der Waals surface area contributed by atoms with Gasteiger partial charge < -0.3 is 9.47 Å². The van der Waals surface area contributed by atoms with E-state index in [2.05, 4.69) is 37.7 Å². The number of aliphatic imine (C=N–C) groups is 2. The molecular formula is C19H32N2O5. The summed E-state index contributed by atoms with van der Waals surface area (Å²) in [6.45, 7) is 9.93. The van der Waals surface area contributed by atoms with Crippen molar-refractivity contribution in [2.24, 2.45) is 20.8 Å². The van der Waals surface area contributed by atoms with E-state index >= 15 is 0 Å². The summed E-state index contributed by atoms with van der Waals surface area (Å²) in [6, 6.07) is 0. The van der Waals surface area contributed by atoms with E-state index in [1.165, 1.54) is 12.2 Å². The van der Waals surface area contributed by atoms with Gasteiger partial charge in [-0.05, 0) is 49.4 Å². The molecule has 0 aliphatic rings. The predicted molar refractivity (Wildman–Crippen MR) is 98.5 cm³/mol. The molecule has 0 heterocycles. The molecule has 0 saturated heterocycles. The molecule has 7 nitrogen and oxygen atoms in total. The number of rotatable bonds is 14. The summed E-state index contributed by atoms with van der Waals surface area (Å²) < 4.78 is 10.1. The molecule has 0 aromatic heterocycles. The molecular weight excluding hydrogens is 336 g/mol. The molecule has 0 fully saturated rings. The third kappa shape index (κ3) is 14.4. The van der Waals surface area contributed by atoms with Crippen LogP contribution in [0.2, 0.25) is 0 Å². The summed E-state index contributed by atoms with van der Waals surface area (Å²) in [5.74, 6) is 0. The lowest BCUT2D eigenvalue weighted by atomic mass is 9.84. The first-order valence-electron chi connectivity index (χ1n) is 9.09. The molecule has 0 spiro atoms. The van der Waals surface area contributed by atoms with Gasteiger partial charge in [-0.25, -0.2) is 24.4 Å². The largest absolute Gasteiger partial charge is 0.508 e. The molecule has 0 bridgehead atoms. The van der Waals surface area contributed by atoms with Crippen LogP contribution in [-0.4, -0.2) is 44.6 Å². The Bertz CT molecular complexity index is 460. The van der Waals surface area contributed by atoms with Crippen LogP contribution in [0.25, 0.3) is 0 Å². The summed E-state index contributed by atoms with van der Waals surface area (Å²) in [4.78, 5) is 38.8. The molecule has 26 heavy (non-hydrogen) atoms. The highest BCUT2D eigenvalue weighted by atomic mass is 16.7. The molecule has 0 aliphatic carbocycles. The van der Waals surface area contributed by atoms with Crippen LogP contribution < -0.4 is 0 Å². The lowest BCUT2D eigenvalue weighted by Gasteiger charge is -2.23. The summed E-state index contributed by atoms with van der Waals surface area (Å²) in [5.41, 5.74) is 0.0696. The molecule has 0 unspecified atom stereocenters. The van der Waals surface area contributed by atoms with Crippen molar-refractivity contribution in [2.75, 3.05) is 26.3 Å². The Labute approximate surface area is 156 Å². The second kappa shape index (κ2) is 13.3. The van der Waals surface area contributed by atoms with Gasteiger partial charge in [0.1, 0.15) is 0 Å². The molecule has 0 aromatic carbocycles. The summed E-state index contributed by atoms with van der Waals surface area (Å²) >= 11 is 0. The molecule has 148 valence electrons. The van der Waals surface area contributed by atoms with E-state index in [0.717, 1.165) is 38.5 Å². The first-order valence-corrected chi connectivity index (χ1v) is 9.09. The van der Waals surface area contributed by atoms with E-state index in [0.29, 0.717) is 26.3 Å². The maximum Gasteiger partial charge on any atom is 0.508 e. The van der Waals surface area contributed by atoms with Crippen molar-refractivity contribution >= 4 is 18.3 Å². The van der Waals surface area contributed by atoms with Crippen molar-refractivity contribution in [3.63, 3.8) is 0 Å². The highest BCUT2D eigenvalue weighted by molar-refractivity contribution is 5.59. The van der Waals surface area contributed by atoms with Gasteiger partial charge in [-0.15, -0.1) is 0 Å². The fraction of sp³-hybridized carbons (Fsp3) is 0.842. The smallest absolute Gasteiger partial charge is 0.434 e. The monoisotopic (exact) mass is 368 g/mol. The van der Waals surface area contributed by atoms with Crippen LogP contribution in [-0.2, 0) is 19.1 Å². The van der Waals surface area contributed by atoms with Gasteiger partial charge in [-0.1, -0.05) is 27.7 Å². The van der Waals surface area contributed by atoms with Gasteiger partial charge in [0.15, 0.2) is 0 Å². The number of hydrogen-bond donors (Lipinski definition) is 0. The van der Waals surface area contributed by atoms with E-state index in [1.54, 1.807) is 0 Å². The molecule has 0 saturated carbocycles. The summed E-state index contributed by atoms with van der Waals surface area (Å²) in [5, 5.41) is 0. The van der Waals surface area contributed by atoms with E-state index < -0.39 is 6.16 Å². The van der Waals surface area contributed by atoms with E-state index in [9.17, 15) is 14.4 Å². The van der Waals surface area contributed by atoms with Gasteiger partial charge >= 0.3 is 6.16 Å². The van der Waals surface area contributed by atoms with Crippen LogP contribution in [0.1, 0.15) is 66.2 Å². The summed E-state index contributed by atoms with van der Waals surface area (Å²) in [6.07, 6.45) is 7.22. The number of nitrogens with zero attached hydrogens (tertiary/aromatic N) is 2. The van der Waals surface area contributed by atoms with Crippen LogP contribution in [0.4, 0.5) is 4.79 Å². The van der Waals surface area contributed by atoms with Gasteiger partial charge in [0.2, 0.25) is 12.2 Å². The zero-order valence-electron chi connectivity index (χ0n) is 16.5. The summed E-state index contributed by atoms with van der Waals surface area (Å²) in [7, 11) is 0. The van der Waals surface area contributed by atoms with Crippen molar-refractivity contribution in [3.05, 3.63) is 0 Å². The van der Waals surface area contributed by atoms with Gasteiger partial charge in [-0.2, -0.15) is 0 Å². The first kappa shape index (κ1) is 24.0. The fourth-order valence-corrected chi connectivity index (χ4v) is 2.51. The van der Waals surface area contributed by atoms with Crippen molar-refractivity contribution in [2.45, 2.75) is 66.2 Å². The number of carbonyl (C=O) groups excluding carboxylic acids is 3. The maximum atomic E-state index is 11.6. The van der Waals surface area contributed by atoms with Crippen LogP contribution >= 0.6 is 0 Å². The van der Waals surface area contributed by atoms with Gasteiger partial charge in [0, 0.05) is 0 Å². The molecule has 0 aliphatic heterocycles. The second-order valence-corrected chi connectivity index (χ2v) is 7.93. The van der Waals surface area contributed by atoms with Crippen LogP contribution in [0.15, 0.2) is 9.98 Å². The lowest BCUT2D eigenvalue weighted by Crippen LogP contribution is -2.16. The third-order valence-corrected chi connectivity index (χ3v) is 4.37. The second-order valence-electron chi connectivity index (χ2n) is 7.93. The van der Waals surface area contributed by atoms with Crippen molar-refractivity contribution < 1.29 is 23.9 Å². The van der Waals surface area contributed by atoms with Crippen molar-refractivity contribution in [1.29, 1.82) is 0 Å². The van der Waals surface area contributed by atoms with Gasteiger partial charge in [0.05, 0.1) is 26.3 Å². The zero-order valence-corrected chi connectivity index (χ0v) is 16.5. The lowest BCUT2D eigenvalue weighted by molar-refractivity contribution is 0.0487. The minimum Gasteiger partial charge on any atom is -0.434 e. The number of hydrogen-bond acceptors (Lipinski definition) is 7. The Morgan fingerprint density at radius 2 is 1.15 bits per heavy atom. The Hall–Kier alpha value is -1.97. The van der Waals surface area contributed by atoms with Gasteiger partial charge in [-0.3, -0.25) is 0 Å². The SMILES string of the molecule is CC(C)(CCCOC(=O)OCCCC(C)(C)CCN=C=O)CCN=C=O. The molecule has 0 rings (SSSR count). The van der Waals surface area contributed by atoms with Crippen molar-refractivity contribution in [3.8, 4) is 0 Å². The third-order valence-electron chi connectivity index (χ3n) is 4.37. The van der Waals surface area contributed by atoms with E-state index in [-0.39, 0.29) is 10.8 Å².